The van der Waals surface area contributed by atoms with Crippen molar-refractivity contribution in [1.29, 1.82) is 0 Å². The fourth-order valence-corrected chi connectivity index (χ4v) is 2.90. The van der Waals surface area contributed by atoms with Crippen molar-refractivity contribution in [2.75, 3.05) is 0 Å². The molecule has 0 unspecified atom stereocenters. The lowest BCUT2D eigenvalue weighted by atomic mass is 10.3. The standard InChI is InChI=1S/C15H10ClF3N4O2S/c16-13-3-1-2-11(21-13)14-22-12(15(17,18)19)8-23(14)9-4-6-10(7-5-9)26(20,24)25/h1-8H,(H2,20,24,25). The van der Waals surface area contributed by atoms with Gasteiger partial charge in [0.25, 0.3) is 0 Å². The second kappa shape index (κ2) is 6.38. The molecule has 3 aromatic rings. The van der Waals surface area contributed by atoms with Crippen molar-refractivity contribution >= 4 is 21.6 Å². The molecule has 0 bridgehead atoms. The van der Waals surface area contributed by atoms with Crippen LogP contribution in [0.2, 0.25) is 5.15 Å². The first-order chi connectivity index (χ1) is 12.1. The van der Waals surface area contributed by atoms with E-state index < -0.39 is 21.9 Å². The Morgan fingerprint density at radius 1 is 1.04 bits per heavy atom. The normalized spacial score (nSPS) is 12.3. The Kier molecular flexibility index (Phi) is 4.51. The Morgan fingerprint density at radius 3 is 2.23 bits per heavy atom. The summed E-state index contributed by atoms with van der Waals surface area (Å²) in [5.41, 5.74) is -0.745. The molecule has 0 aliphatic rings. The molecule has 3 rings (SSSR count). The van der Waals surface area contributed by atoms with Gasteiger partial charge in [0.15, 0.2) is 11.5 Å². The third-order valence-corrected chi connectivity index (χ3v) is 4.52. The highest BCUT2D eigenvalue weighted by Gasteiger charge is 2.35. The summed E-state index contributed by atoms with van der Waals surface area (Å²) in [4.78, 5) is 7.43. The van der Waals surface area contributed by atoms with E-state index in [1.807, 2.05) is 0 Å². The van der Waals surface area contributed by atoms with Crippen LogP contribution in [0.4, 0.5) is 13.2 Å². The fourth-order valence-electron chi connectivity index (χ4n) is 2.22. The third-order valence-electron chi connectivity index (χ3n) is 3.38. The highest BCUT2D eigenvalue weighted by molar-refractivity contribution is 7.89. The summed E-state index contributed by atoms with van der Waals surface area (Å²) in [6.07, 6.45) is -3.87. The molecule has 26 heavy (non-hydrogen) atoms. The van der Waals surface area contributed by atoms with Crippen LogP contribution in [0.5, 0.6) is 0 Å². The predicted octanol–water partition coefficient (Wildman–Crippen LogP) is 3.25. The van der Waals surface area contributed by atoms with Gasteiger partial charge in [-0.05, 0) is 36.4 Å². The molecule has 11 heteroatoms. The molecule has 0 atom stereocenters. The molecule has 0 saturated heterocycles. The number of sulfonamides is 1. The second-order valence-electron chi connectivity index (χ2n) is 5.20. The molecule has 0 amide bonds. The Bertz CT molecular complexity index is 1060. The van der Waals surface area contributed by atoms with Gasteiger partial charge < -0.3 is 0 Å². The minimum atomic E-state index is -4.67. The van der Waals surface area contributed by atoms with Crippen LogP contribution in [0.25, 0.3) is 17.2 Å². The van der Waals surface area contributed by atoms with E-state index in [4.69, 9.17) is 16.7 Å². The first-order valence-corrected chi connectivity index (χ1v) is 8.91. The largest absolute Gasteiger partial charge is 0.434 e. The third kappa shape index (κ3) is 3.71. The lowest BCUT2D eigenvalue weighted by Crippen LogP contribution is -2.12. The molecule has 0 fully saturated rings. The number of nitrogens with zero attached hydrogens (tertiary/aromatic N) is 3. The van der Waals surface area contributed by atoms with E-state index in [-0.39, 0.29) is 27.3 Å². The topological polar surface area (TPSA) is 90.9 Å². The van der Waals surface area contributed by atoms with Crippen molar-refractivity contribution in [3.8, 4) is 17.2 Å². The van der Waals surface area contributed by atoms with E-state index in [2.05, 4.69) is 9.97 Å². The monoisotopic (exact) mass is 402 g/mol. The molecule has 136 valence electrons. The first-order valence-electron chi connectivity index (χ1n) is 6.98. The summed E-state index contributed by atoms with van der Waals surface area (Å²) in [5.74, 6) is -0.0943. The Balaban J connectivity index is 2.18. The van der Waals surface area contributed by atoms with E-state index in [0.29, 0.717) is 0 Å². The average Bonchev–Trinajstić information content (AvgIpc) is 3.00. The van der Waals surface area contributed by atoms with Crippen LogP contribution in [-0.4, -0.2) is 23.0 Å². The van der Waals surface area contributed by atoms with Crippen molar-refractivity contribution in [2.45, 2.75) is 11.1 Å². The van der Waals surface area contributed by atoms with Crippen LogP contribution in [-0.2, 0) is 16.2 Å². The van der Waals surface area contributed by atoms with Crippen LogP contribution in [0.1, 0.15) is 5.69 Å². The van der Waals surface area contributed by atoms with Crippen molar-refractivity contribution < 1.29 is 21.6 Å². The van der Waals surface area contributed by atoms with Gasteiger partial charge in [0.2, 0.25) is 10.0 Å². The van der Waals surface area contributed by atoms with Crippen molar-refractivity contribution in [2.24, 2.45) is 5.14 Å². The number of imidazole rings is 1. The van der Waals surface area contributed by atoms with E-state index >= 15 is 0 Å². The molecule has 0 spiro atoms. The van der Waals surface area contributed by atoms with Crippen LogP contribution < -0.4 is 5.14 Å². The van der Waals surface area contributed by atoms with E-state index in [9.17, 15) is 21.6 Å². The maximum absolute atomic E-state index is 13.1. The first kappa shape index (κ1) is 18.4. The van der Waals surface area contributed by atoms with Crippen molar-refractivity contribution in [3.05, 3.63) is 59.5 Å². The molecular formula is C15H10ClF3N4O2S. The van der Waals surface area contributed by atoms with Gasteiger partial charge in [0.05, 0.1) is 4.90 Å². The summed E-state index contributed by atoms with van der Waals surface area (Å²) < 4.78 is 63.1. The molecule has 0 saturated carbocycles. The van der Waals surface area contributed by atoms with Crippen LogP contribution in [0.15, 0.2) is 53.6 Å². The van der Waals surface area contributed by atoms with Gasteiger partial charge in [0.1, 0.15) is 10.8 Å². The molecular weight excluding hydrogens is 393 g/mol. The van der Waals surface area contributed by atoms with Crippen molar-refractivity contribution in [1.82, 2.24) is 14.5 Å². The van der Waals surface area contributed by atoms with Gasteiger partial charge in [-0.1, -0.05) is 17.7 Å². The fraction of sp³-hybridized carbons (Fsp3) is 0.0667. The predicted molar refractivity (Wildman–Crippen MR) is 88.2 cm³/mol. The minimum Gasteiger partial charge on any atom is -0.298 e. The quantitative estimate of drug-likeness (QED) is 0.681. The lowest BCUT2D eigenvalue weighted by molar-refractivity contribution is -0.140. The Morgan fingerprint density at radius 2 is 1.69 bits per heavy atom. The van der Waals surface area contributed by atoms with E-state index in [1.54, 1.807) is 0 Å². The summed E-state index contributed by atoms with van der Waals surface area (Å²) in [6, 6.07) is 9.47. The maximum Gasteiger partial charge on any atom is 0.434 e. The number of rotatable bonds is 3. The SMILES string of the molecule is NS(=O)(=O)c1ccc(-n2cc(C(F)(F)F)nc2-c2cccc(Cl)n2)cc1. The number of aromatic nitrogens is 3. The molecule has 0 aliphatic carbocycles. The van der Waals surface area contributed by atoms with Gasteiger partial charge in [-0.15, -0.1) is 0 Å². The second-order valence-corrected chi connectivity index (χ2v) is 7.15. The number of halogens is 4. The van der Waals surface area contributed by atoms with Gasteiger partial charge in [0, 0.05) is 11.9 Å². The number of pyridine rings is 1. The summed E-state index contributed by atoms with van der Waals surface area (Å²) in [5, 5.41) is 5.12. The average molecular weight is 403 g/mol. The Labute approximate surface area is 151 Å². The molecule has 0 radical (unpaired) electrons. The summed E-state index contributed by atoms with van der Waals surface area (Å²) in [6.45, 7) is 0. The lowest BCUT2D eigenvalue weighted by Gasteiger charge is -2.08. The van der Waals surface area contributed by atoms with Gasteiger partial charge >= 0.3 is 6.18 Å². The zero-order chi connectivity index (χ0) is 19.1. The van der Waals surface area contributed by atoms with Crippen LogP contribution in [0, 0.1) is 0 Å². The van der Waals surface area contributed by atoms with Crippen LogP contribution in [0.3, 0.4) is 0 Å². The van der Waals surface area contributed by atoms with Gasteiger partial charge in [-0.2, -0.15) is 13.2 Å². The zero-order valence-electron chi connectivity index (χ0n) is 12.8. The van der Waals surface area contributed by atoms with Gasteiger partial charge in [-0.25, -0.2) is 23.5 Å². The minimum absolute atomic E-state index is 0.0928. The number of alkyl halides is 3. The summed E-state index contributed by atoms with van der Waals surface area (Å²) in [7, 11) is -3.92. The highest BCUT2D eigenvalue weighted by atomic mass is 35.5. The van der Waals surface area contributed by atoms with Crippen molar-refractivity contribution in [3.63, 3.8) is 0 Å². The Hall–Kier alpha value is -2.43. The van der Waals surface area contributed by atoms with Crippen LogP contribution >= 0.6 is 11.6 Å². The molecule has 2 N–H and O–H groups in total. The molecule has 6 nitrogen and oxygen atoms in total. The van der Waals surface area contributed by atoms with Gasteiger partial charge in [-0.3, -0.25) is 4.57 Å². The molecule has 2 aromatic heterocycles. The number of nitrogens with two attached hydrogens (primary N) is 1. The highest BCUT2D eigenvalue weighted by Crippen LogP contribution is 2.32. The number of benzene rings is 1. The number of hydrogen-bond acceptors (Lipinski definition) is 4. The molecule has 0 aliphatic heterocycles. The van der Waals surface area contributed by atoms with E-state index in [0.717, 1.165) is 10.8 Å². The zero-order valence-corrected chi connectivity index (χ0v) is 14.3. The molecule has 1 aromatic carbocycles. The summed E-state index contributed by atoms with van der Waals surface area (Å²) >= 11 is 5.81. The number of hydrogen-bond donors (Lipinski definition) is 1. The molecule has 2 heterocycles. The maximum atomic E-state index is 13.1. The van der Waals surface area contributed by atoms with E-state index in [1.165, 1.54) is 42.5 Å². The smallest absolute Gasteiger partial charge is 0.298 e. The number of primary sulfonamides is 1.